The van der Waals surface area contributed by atoms with E-state index in [1.54, 1.807) is 30.6 Å². The fourth-order valence-electron chi connectivity index (χ4n) is 2.71. The molecule has 2 aromatic rings. The summed E-state index contributed by atoms with van der Waals surface area (Å²) in [6.07, 6.45) is 2.51. The lowest BCUT2D eigenvalue weighted by Gasteiger charge is -2.25. The van der Waals surface area contributed by atoms with Crippen LogP contribution in [0.5, 0.6) is 0 Å². The Balaban J connectivity index is 1.79. The first kappa shape index (κ1) is 16.9. The van der Waals surface area contributed by atoms with Crippen molar-refractivity contribution in [3.8, 4) is 0 Å². The molecule has 1 atom stereocenters. The number of thiophene rings is 1. The zero-order valence-corrected chi connectivity index (χ0v) is 14.8. The molecule has 1 aromatic carbocycles. The number of carbonyl (C=O) groups excluding carboxylic acids is 1. The number of allylic oxidation sites excluding steroid dienone is 1. The van der Waals surface area contributed by atoms with Gasteiger partial charge in [-0.15, -0.1) is 11.3 Å². The summed E-state index contributed by atoms with van der Waals surface area (Å²) in [7, 11) is -1.98. The molecule has 0 N–H and O–H groups in total. The molecule has 24 heavy (non-hydrogen) atoms. The molecule has 0 saturated carbocycles. The van der Waals surface area contributed by atoms with Gasteiger partial charge in [0.25, 0.3) is 10.0 Å². The number of sulfonamides is 1. The van der Waals surface area contributed by atoms with Gasteiger partial charge >= 0.3 is 0 Å². The molecular weight excluding hydrogens is 344 g/mol. The molecule has 7 heteroatoms. The molecule has 1 aliphatic heterocycles. The predicted octanol–water partition coefficient (Wildman–Crippen LogP) is 2.34. The second kappa shape index (κ2) is 6.88. The third-order valence-corrected chi connectivity index (χ3v) is 7.32. The predicted molar refractivity (Wildman–Crippen MR) is 94.1 cm³/mol. The topological polar surface area (TPSA) is 57.7 Å². The quantitative estimate of drug-likeness (QED) is 0.740. The van der Waals surface area contributed by atoms with Gasteiger partial charge in [-0.25, -0.2) is 8.42 Å². The van der Waals surface area contributed by atoms with Crippen LogP contribution in [0.3, 0.4) is 0 Å². The van der Waals surface area contributed by atoms with Crippen molar-refractivity contribution in [3.63, 3.8) is 0 Å². The van der Waals surface area contributed by atoms with Crippen molar-refractivity contribution in [2.24, 2.45) is 0 Å². The van der Waals surface area contributed by atoms with E-state index in [9.17, 15) is 13.2 Å². The molecule has 3 rings (SSSR count). The van der Waals surface area contributed by atoms with Gasteiger partial charge in [-0.3, -0.25) is 4.79 Å². The molecule has 0 saturated heterocycles. The standard InChI is InChI=1S/C17H18N2O3S2/c1-18(24(21,22)17-8-5-9-23-17)15-10-16(13-20)19(12-15)11-14-6-3-2-4-7-14/h2-10,13,15H,11-12H2,1H3. The van der Waals surface area contributed by atoms with E-state index in [1.807, 2.05) is 35.2 Å². The number of rotatable bonds is 6. The molecule has 1 unspecified atom stereocenters. The first-order valence-corrected chi connectivity index (χ1v) is 9.82. The van der Waals surface area contributed by atoms with E-state index >= 15 is 0 Å². The lowest BCUT2D eigenvalue weighted by atomic mass is 10.2. The van der Waals surface area contributed by atoms with Crippen LogP contribution in [0.25, 0.3) is 0 Å². The summed E-state index contributed by atoms with van der Waals surface area (Å²) in [4.78, 5) is 13.3. The van der Waals surface area contributed by atoms with E-state index in [4.69, 9.17) is 0 Å². The highest BCUT2D eigenvalue weighted by molar-refractivity contribution is 7.91. The second-order valence-electron chi connectivity index (χ2n) is 5.60. The SMILES string of the molecule is CN(C1C=C(C=O)N(Cc2ccccc2)C1)S(=O)(=O)c1cccs1. The summed E-state index contributed by atoms with van der Waals surface area (Å²) in [6, 6.07) is 12.8. The summed E-state index contributed by atoms with van der Waals surface area (Å²) in [5, 5.41) is 1.74. The third kappa shape index (κ3) is 3.28. The van der Waals surface area contributed by atoms with Gasteiger partial charge in [0.2, 0.25) is 0 Å². The van der Waals surface area contributed by atoms with Gasteiger partial charge in [-0.2, -0.15) is 4.31 Å². The van der Waals surface area contributed by atoms with Crippen LogP contribution in [0.2, 0.25) is 0 Å². The van der Waals surface area contributed by atoms with Crippen molar-refractivity contribution in [3.05, 3.63) is 65.2 Å². The number of carbonyl (C=O) groups is 1. The number of likely N-dealkylation sites (N-methyl/N-ethyl adjacent to an activating group) is 1. The highest BCUT2D eigenvalue weighted by atomic mass is 32.2. The van der Waals surface area contributed by atoms with Gasteiger partial charge in [0.05, 0.1) is 11.7 Å². The van der Waals surface area contributed by atoms with Crippen LogP contribution in [-0.2, 0) is 21.4 Å². The van der Waals surface area contributed by atoms with Crippen LogP contribution < -0.4 is 0 Å². The van der Waals surface area contributed by atoms with Crippen molar-refractivity contribution in [2.45, 2.75) is 16.8 Å². The van der Waals surface area contributed by atoms with Crippen molar-refractivity contribution in [1.82, 2.24) is 9.21 Å². The van der Waals surface area contributed by atoms with Crippen molar-refractivity contribution < 1.29 is 13.2 Å². The molecule has 2 heterocycles. The lowest BCUT2D eigenvalue weighted by molar-refractivity contribution is -0.106. The van der Waals surface area contributed by atoms with E-state index in [2.05, 4.69) is 0 Å². The third-order valence-electron chi connectivity index (χ3n) is 4.07. The highest BCUT2D eigenvalue weighted by Gasteiger charge is 2.33. The highest BCUT2D eigenvalue weighted by Crippen LogP contribution is 2.26. The van der Waals surface area contributed by atoms with Crippen molar-refractivity contribution in [2.75, 3.05) is 13.6 Å². The van der Waals surface area contributed by atoms with Gasteiger partial charge in [-0.05, 0) is 23.1 Å². The minimum Gasteiger partial charge on any atom is -0.363 e. The van der Waals surface area contributed by atoms with Crippen LogP contribution in [0.4, 0.5) is 0 Å². The van der Waals surface area contributed by atoms with Crippen LogP contribution in [0, 0.1) is 0 Å². The molecule has 5 nitrogen and oxygen atoms in total. The average Bonchev–Trinajstić information content (AvgIpc) is 3.25. The fraction of sp³-hybridized carbons (Fsp3) is 0.235. The Morgan fingerprint density at radius 3 is 2.62 bits per heavy atom. The zero-order chi connectivity index (χ0) is 17.2. The molecule has 126 valence electrons. The fourth-order valence-corrected chi connectivity index (χ4v) is 5.18. The van der Waals surface area contributed by atoms with Gasteiger partial charge in [0.1, 0.15) is 4.21 Å². The molecular formula is C17H18N2O3S2. The Bertz CT molecular complexity index is 830. The number of hydrogen-bond acceptors (Lipinski definition) is 5. The first-order valence-electron chi connectivity index (χ1n) is 7.50. The molecule has 0 fully saturated rings. The summed E-state index contributed by atoms with van der Waals surface area (Å²) in [5.74, 6) is 0. The summed E-state index contributed by atoms with van der Waals surface area (Å²) in [5.41, 5.74) is 1.60. The average molecular weight is 362 g/mol. The van der Waals surface area contributed by atoms with Crippen LogP contribution in [0.1, 0.15) is 5.56 Å². The Labute approximate surface area is 145 Å². The molecule has 0 aliphatic carbocycles. The zero-order valence-electron chi connectivity index (χ0n) is 13.2. The van der Waals surface area contributed by atoms with Crippen molar-refractivity contribution in [1.29, 1.82) is 0 Å². The maximum absolute atomic E-state index is 12.6. The largest absolute Gasteiger partial charge is 0.363 e. The van der Waals surface area contributed by atoms with E-state index in [-0.39, 0.29) is 6.04 Å². The Morgan fingerprint density at radius 1 is 1.25 bits per heavy atom. The molecule has 0 bridgehead atoms. The number of hydrogen-bond donors (Lipinski definition) is 0. The minimum atomic E-state index is -3.54. The Hall–Kier alpha value is -1.96. The van der Waals surface area contributed by atoms with Crippen LogP contribution >= 0.6 is 11.3 Å². The molecule has 0 radical (unpaired) electrons. The van der Waals surface area contributed by atoms with Gasteiger partial charge < -0.3 is 4.90 Å². The summed E-state index contributed by atoms with van der Waals surface area (Å²) in [6.45, 7) is 1.04. The number of benzene rings is 1. The van der Waals surface area contributed by atoms with E-state index in [0.717, 1.165) is 11.8 Å². The molecule has 1 aromatic heterocycles. The van der Waals surface area contributed by atoms with Crippen molar-refractivity contribution >= 4 is 27.6 Å². The van der Waals surface area contributed by atoms with E-state index in [0.29, 0.717) is 23.0 Å². The van der Waals surface area contributed by atoms with Crippen LogP contribution in [-0.4, -0.2) is 43.5 Å². The number of aldehydes is 1. The Morgan fingerprint density at radius 2 is 2.00 bits per heavy atom. The van der Waals surface area contributed by atoms with E-state index < -0.39 is 10.0 Å². The number of nitrogens with zero attached hydrogens (tertiary/aromatic N) is 2. The Kier molecular flexibility index (Phi) is 4.84. The maximum atomic E-state index is 12.6. The lowest BCUT2D eigenvalue weighted by Crippen LogP contribution is -2.39. The van der Waals surface area contributed by atoms with Gasteiger partial charge in [0, 0.05) is 20.1 Å². The molecule has 0 spiro atoms. The smallest absolute Gasteiger partial charge is 0.252 e. The minimum absolute atomic E-state index is 0.313. The monoisotopic (exact) mass is 362 g/mol. The summed E-state index contributed by atoms with van der Waals surface area (Å²) < 4.78 is 26.9. The molecule has 1 aliphatic rings. The molecule has 0 amide bonds. The van der Waals surface area contributed by atoms with Crippen LogP contribution in [0.15, 0.2) is 63.8 Å². The summed E-state index contributed by atoms with van der Waals surface area (Å²) >= 11 is 1.19. The van der Waals surface area contributed by atoms with Gasteiger partial charge in [-0.1, -0.05) is 36.4 Å². The van der Waals surface area contributed by atoms with Gasteiger partial charge in [0.15, 0.2) is 6.29 Å². The van der Waals surface area contributed by atoms with E-state index in [1.165, 1.54) is 15.6 Å². The first-order chi connectivity index (χ1) is 11.5. The maximum Gasteiger partial charge on any atom is 0.252 e. The second-order valence-corrected chi connectivity index (χ2v) is 8.77. The normalized spacial score (nSPS) is 18.0.